The van der Waals surface area contributed by atoms with E-state index >= 15 is 0 Å². The van der Waals surface area contributed by atoms with Crippen molar-refractivity contribution in [3.8, 4) is 0 Å². The second-order valence-corrected chi connectivity index (χ2v) is 3.62. The number of amides is 1. The highest BCUT2D eigenvalue weighted by Crippen LogP contribution is 2.11. The van der Waals surface area contributed by atoms with Gasteiger partial charge in [-0.05, 0) is 5.92 Å². The van der Waals surface area contributed by atoms with Crippen LogP contribution in [0.3, 0.4) is 0 Å². The van der Waals surface area contributed by atoms with Gasteiger partial charge in [0.1, 0.15) is 0 Å². The molecule has 0 unspecified atom stereocenters. The van der Waals surface area contributed by atoms with Gasteiger partial charge in [0.05, 0.1) is 0 Å². The van der Waals surface area contributed by atoms with Gasteiger partial charge in [0.25, 0.3) is 0 Å². The van der Waals surface area contributed by atoms with E-state index in [4.69, 9.17) is 0 Å². The normalized spacial score (nSPS) is 11.4. The van der Waals surface area contributed by atoms with Crippen molar-refractivity contribution in [3.05, 3.63) is 0 Å². The van der Waals surface area contributed by atoms with E-state index in [0.717, 1.165) is 5.92 Å². The van der Waals surface area contributed by atoms with Crippen LogP contribution in [-0.2, 0) is 4.79 Å². The van der Waals surface area contributed by atoms with Crippen molar-refractivity contribution in [2.75, 3.05) is 0 Å². The second kappa shape index (κ2) is 11.5. The maximum Gasteiger partial charge on any atom is 0.214 e. The molecule has 80 valence electrons. The molecule has 1 amide bonds. The molecule has 1 atom stereocenters. The van der Waals surface area contributed by atoms with Gasteiger partial charge in [0, 0.05) is 6.92 Å². The van der Waals surface area contributed by atoms with E-state index in [1.807, 2.05) is 0 Å². The number of hydrogen-bond acceptors (Lipinski definition) is 1. The standard InChI is InChI=1S/C9H20.C2H5NO/c1-4-6-7-8-9(3)5-2;1-2(3)4/h9H,4-8H2,1-3H3;1H3,(H2,3,4)/t9-;/m0./s1. The molecular weight excluding hydrogens is 162 g/mol. The monoisotopic (exact) mass is 187 g/mol. The van der Waals surface area contributed by atoms with Crippen LogP contribution in [0.4, 0.5) is 0 Å². The van der Waals surface area contributed by atoms with Crippen molar-refractivity contribution in [2.24, 2.45) is 11.7 Å². The number of hydrogen-bond donors (Lipinski definition) is 1. The number of nitrogens with two attached hydrogens (primary N) is 1. The van der Waals surface area contributed by atoms with E-state index in [1.54, 1.807) is 0 Å². The number of unbranched alkanes of at least 4 members (excludes halogenated alkanes) is 2. The van der Waals surface area contributed by atoms with Crippen molar-refractivity contribution < 1.29 is 4.79 Å². The smallest absolute Gasteiger partial charge is 0.214 e. The summed E-state index contributed by atoms with van der Waals surface area (Å²) in [6, 6.07) is 0. The summed E-state index contributed by atoms with van der Waals surface area (Å²) in [6.07, 6.45) is 7.00. The molecule has 2 nitrogen and oxygen atoms in total. The number of carbonyl (C=O) groups is 1. The lowest BCUT2D eigenvalue weighted by Gasteiger charge is -2.05. The summed E-state index contributed by atoms with van der Waals surface area (Å²) in [7, 11) is 0. The topological polar surface area (TPSA) is 43.1 Å². The molecule has 2 heteroatoms. The Morgan fingerprint density at radius 3 is 2.08 bits per heavy atom. The Hall–Kier alpha value is -0.530. The van der Waals surface area contributed by atoms with E-state index in [0.29, 0.717) is 0 Å². The zero-order valence-corrected chi connectivity index (χ0v) is 9.60. The molecule has 0 bridgehead atoms. The summed E-state index contributed by atoms with van der Waals surface area (Å²) in [5.41, 5.74) is 4.47. The Morgan fingerprint density at radius 2 is 1.77 bits per heavy atom. The predicted octanol–water partition coefficient (Wildman–Crippen LogP) is 3.10. The molecule has 0 aromatic rings. The van der Waals surface area contributed by atoms with Crippen molar-refractivity contribution in [1.29, 1.82) is 0 Å². The number of rotatable bonds is 5. The van der Waals surface area contributed by atoms with Gasteiger partial charge in [-0.3, -0.25) is 4.79 Å². The molecule has 0 aliphatic carbocycles. The first kappa shape index (κ1) is 15.0. The SMILES string of the molecule is CC(N)=O.CCCCC[C@@H](C)CC. The van der Waals surface area contributed by atoms with Crippen LogP contribution in [0, 0.1) is 5.92 Å². The molecule has 0 aliphatic heterocycles. The Kier molecular flexibility index (Phi) is 13.2. The first-order valence-corrected chi connectivity index (χ1v) is 5.30. The minimum Gasteiger partial charge on any atom is -0.370 e. The first-order valence-electron chi connectivity index (χ1n) is 5.30. The number of primary amides is 1. The lowest BCUT2D eigenvalue weighted by atomic mass is 10.0. The van der Waals surface area contributed by atoms with Crippen LogP contribution in [-0.4, -0.2) is 5.91 Å². The predicted molar refractivity (Wildman–Crippen MR) is 58.5 cm³/mol. The van der Waals surface area contributed by atoms with Crippen LogP contribution in [0.15, 0.2) is 0 Å². The lowest BCUT2D eigenvalue weighted by Crippen LogP contribution is -2.01. The minimum absolute atomic E-state index is 0.333. The fourth-order valence-corrected chi connectivity index (χ4v) is 0.947. The van der Waals surface area contributed by atoms with Crippen molar-refractivity contribution in [2.45, 2.75) is 59.8 Å². The first-order chi connectivity index (χ1) is 6.04. The Bertz CT molecular complexity index is 109. The summed E-state index contributed by atoms with van der Waals surface area (Å²) in [5.74, 6) is 0.622. The van der Waals surface area contributed by atoms with Crippen molar-refractivity contribution >= 4 is 5.91 Å². The van der Waals surface area contributed by atoms with Crippen LogP contribution in [0.5, 0.6) is 0 Å². The maximum absolute atomic E-state index is 9.22. The van der Waals surface area contributed by atoms with E-state index in [1.165, 1.54) is 39.0 Å². The van der Waals surface area contributed by atoms with Crippen LogP contribution >= 0.6 is 0 Å². The third kappa shape index (κ3) is 24.6. The quantitative estimate of drug-likeness (QED) is 0.660. The van der Waals surface area contributed by atoms with Gasteiger partial charge in [-0.2, -0.15) is 0 Å². The third-order valence-electron chi connectivity index (χ3n) is 2.00. The fourth-order valence-electron chi connectivity index (χ4n) is 0.947. The molecule has 0 radical (unpaired) electrons. The van der Waals surface area contributed by atoms with E-state index in [-0.39, 0.29) is 5.91 Å². The molecule has 0 aromatic heterocycles. The van der Waals surface area contributed by atoms with Gasteiger partial charge < -0.3 is 5.73 Å². The van der Waals surface area contributed by atoms with Gasteiger partial charge in [-0.15, -0.1) is 0 Å². The number of carbonyl (C=O) groups excluding carboxylic acids is 1. The molecule has 0 rings (SSSR count). The summed E-state index contributed by atoms with van der Waals surface area (Å²) in [4.78, 5) is 9.22. The van der Waals surface area contributed by atoms with Gasteiger partial charge in [0.15, 0.2) is 0 Å². The highest BCUT2D eigenvalue weighted by atomic mass is 16.1. The van der Waals surface area contributed by atoms with E-state index in [9.17, 15) is 4.79 Å². The van der Waals surface area contributed by atoms with Crippen LogP contribution < -0.4 is 5.73 Å². The molecule has 0 heterocycles. The molecule has 0 fully saturated rings. The molecule has 0 aromatic carbocycles. The summed E-state index contributed by atoms with van der Waals surface area (Å²) < 4.78 is 0. The minimum atomic E-state index is -0.333. The summed E-state index contributed by atoms with van der Waals surface area (Å²) in [6.45, 7) is 8.18. The van der Waals surface area contributed by atoms with Crippen molar-refractivity contribution in [3.63, 3.8) is 0 Å². The summed E-state index contributed by atoms with van der Waals surface area (Å²) in [5, 5.41) is 0. The van der Waals surface area contributed by atoms with Gasteiger partial charge in [0.2, 0.25) is 5.91 Å². The Labute approximate surface area is 82.9 Å². The zero-order valence-electron chi connectivity index (χ0n) is 9.60. The highest BCUT2D eigenvalue weighted by Gasteiger charge is 1.95. The molecule has 0 saturated carbocycles. The largest absolute Gasteiger partial charge is 0.370 e. The van der Waals surface area contributed by atoms with Crippen LogP contribution in [0.1, 0.15) is 59.8 Å². The summed E-state index contributed by atoms with van der Waals surface area (Å²) >= 11 is 0. The zero-order chi connectivity index (χ0) is 10.7. The highest BCUT2D eigenvalue weighted by molar-refractivity contribution is 5.70. The van der Waals surface area contributed by atoms with Crippen LogP contribution in [0.25, 0.3) is 0 Å². The lowest BCUT2D eigenvalue weighted by molar-refractivity contribution is -0.115. The average molecular weight is 187 g/mol. The molecule has 0 saturated heterocycles. The van der Waals surface area contributed by atoms with Gasteiger partial charge in [-0.1, -0.05) is 52.9 Å². The Morgan fingerprint density at radius 1 is 1.31 bits per heavy atom. The van der Waals surface area contributed by atoms with E-state index < -0.39 is 0 Å². The van der Waals surface area contributed by atoms with Gasteiger partial charge in [-0.25, -0.2) is 0 Å². The van der Waals surface area contributed by atoms with Gasteiger partial charge >= 0.3 is 0 Å². The Balaban J connectivity index is 0. The molecule has 13 heavy (non-hydrogen) atoms. The second-order valence-electron chi connectivity index (χ2n) is 3.62. The van der Waals surface area contributed by atoms with Crippen LogP contribution in [0.2, 0.25) is 0 Å². The fraction of sp³-hybridized carbons (Fsp3) is 0.909. The van der Waals surface area contributed by atoms with Crippen molar-refractivity contribution in [1.82, 2.24) is 0 Å². The third-order valence-corrected chi connectivity index (χ3v) is 2.00. The average Bonchev–Trinajstić information content (AvgIpc) is 2.03. The maximum atomic E-state index is 9.22. The molecule has 0 aliphatic rings. The molecule has 2 N–H and O–H groups in total. The molecular formula is C11H25NO. The van der Waals surface area contributed by atoms with E-state index in [2.05, 4.69) is 26.5 Å². The molecule has 0 spiro atoms.